The van der Waals surface area contributed by atoms with Crippen LogP contribution < -0.4 is 10.5 Å². The number of benzene rings is 1. The maximum atomic E-state index is 13.0. The van der Waals surface area contributed by atoms with Crippen molar-refractivity contribution in [2.45, 2.75) is 36.2 Å². The molecule has 0 radical (unpaired) electrons. The molecule has 4 N–H and O–H groups in total. The Kier molecular flexibility index (Phi) is 3.80. The minimum absolute atomic E-state index is 0.0351. The lowest BCUT2D eigenvalue weighted by Gasteiger charge is -2.22. The van der Waals surface area contributed by atoms with E-state index in [-0.39, 0.29) is 17.1 Å². The predicted molar refractivity (Wildman–Crippen MR) is 69.4 cm³/mol. The molecule has 5 nitrogen and oxygen atoms in total. The molecule has 2 rings (SSSR count). The molecule has 106 valence electrons. The average molecular weight is 288 g/mol. The van der Waals surface area contributed by atoms with E-state index in [9.17, 15) is 17.9 Å². The van der Waals surface area contributed by atoms with Crippen LogP contribution in [0.5, 0.6) is 0 Å². The van der Waals surface area contributed by atoms with Crippen molar-refractivity contribution in [3.8, 4) is 0 Å². The normalized spacial score (nSPS) is 18.6. The van der Waals surface area contributed by atoms with Crippen LogP contribution in [-0.4, -0.2) is 25.7 Å². The number of nitrogen functional groups attached to an aromatic ring is 1. The van der Waals surface area contributed by atoms with Crippen LogP contribution in [0.1, 0.15) is 25.7 Å². The number of anilines is 1. The highest BCUT2D eigenvalue weighted by molar-refractivity contribution is 7.89. The number of hydrogen-bond donors (Lipinski definition) is 3. The summed E-state index contributed by atoms with van der Waals surface area (Å²) < 4.78 is 39.3. The summed E-state index contributed by atoms with van der Waals surface area (Å²) in [5, 5.41) is 10.1. The van der Waals surface area contributed by atoms with Gasteiger partial charge in [0.1, 0.15) is 5.82 Å². The average Bonchev–Trinajstić information content (AvgIpc) is 2.78. The minimum Gasteiger partial charge on any atom is -0.396 e. The van der Waals surface area contributed by atoms with Gasteiger partial charge >= 0.3 is 0 Å². The number of aliphatic hydroxyl groups is 1. The van der Waals surface area contributed by atoms with Gasteiger partial charge in [-0.3, -0.25) is 0 Å². The summed E-state index contributed by atoms with van der Waals surface area (Å²) in [7, 11) is -3.78. The molecule has 1 aromatic rings. The van der Waals surface area contributed by atoms with Crippen molar-refractivity contribution in [1.82, 2.24) is 4.72 Å². The molecule has 0 aliphatic heterocycles. The number of nitrogens with one attached hydrogen (secondary N) is 1. The number of hydrogen-bond acceptors (Lipinski definition) is 4. The second-order valence-electron chi connectivity index (χ2n) is 4.94. The van der Waals surface area contributed by atoms with Crippen LogP contribution >= 0.6 is 0 Å². The molecule has 0 bridgehead atoms. The summed E-state index contributed by atoms with van der Waals surface area (Å²) >= 11 is 0. The number of halogens is 1. The maximum Gasteiger partial charge on any atom is 0.240 e. The zero-order valence-electron chi connectivity index (χ0n) is 10.4. The Balaban J connectivity index is 2.11. The smallest absolute Gasteiger partial charge is 0.240 e. The highest BCUT2D eigenvalue weighted by atomic mass is 32.2. The van der Waals surface area contributed by atoms with Gasteiger partial charge in [0.15, 0.2) is 0 Å². The topological polar surface area (TPSA) is 92.4 Å². The molecular weight excluding hydrogens is 271 g/mol. The lowest BCUT2D eigenvalue weighted by Crippen LogP contribution is -2.40. The summed E-state index contributed by atoms with van der Waals surface area (Å²) in [4.78, 5) is -0.104. The molecule has 1 aliphatic rings. The minimum atomic E-state index is -3.78. The Morgan fingerprint density at radius 2 is 2.00 bits per heavy atom. The first kappa shape index (κ1) is 14.2. The first-order chi connectivity index (χ1) is 8.82. The van der Waals surface area contributed by atoms with Crippen molar-refractivity contribution in [3.63, 3.8) is 0 Å². The molecule has 1 aromatic carbocycles. The van der Waals surface area contributed by atoms with Gasteiger partial charge in [0.05, 0.1) is 16.2 Å². The van der Waals surface area contributed by atoms with Gasteiger partial charge in [0.25, 0.3) is 0 Å². The lowest BCUT2D eigenvalue weighted by molar-refractivity contribution is 0.0532. The molecule has 0 unspecified atom stereocenters. The fourth-order valence-electron chi connectivity index (χ4n) is 2.21. The van der Waals surface area contributed by atoms with Gasteiger partial charge < -0.3 is 10.8 Å². The van der Waals surface area contributed by atoms with Gasteiger partial charge in [-0.1, -0.05) is 12.8 Å². The summed E-state index contributed by atoms with van der Waals surface area (Å²) in [6.07, 6.45) is 2.95. The molecule has 0 atom stereocenters. The van der Waals surface area contributed by atoms with Gasteiger partial charge in [-0.2, -0.15) is 0 Å². The highest BCUT2D eigenvalue weighted by Gasteiger charge is 2.32. The van der Waals surface area contributed by atoms with E-state index in [1.807, 2.05) is 0 Å². The number of sulfonamides is 1. The van der Waals surface area contributed by atoms with Crippen molar-refractivity contribution in [3.05, 3.63) is 24.0 Å². The SMILES string of the molecule is Nc1cc(S(=O)(=O)NCC2(O)CCCC2)ccc1F. The van der Waals surface area contributed by atoms with Gasteiger partial charge in [-0.25, -0.2) is 17.5 Å². The molecule has 19 heavy (non-hydrogen) atoms. The molecule has 0 saturated heterocycles. The van der Waals surface area contributed by atoms with E-state index in [4.69, 9.17) is 5.73 Å². The summed E-state index contributed by atoms with van der Waals surface area (Å²) in [6, 6.07) is 3.22. The van der Waals surface area contributed by atoms with Crippen LogP contribution in [0.3, 0.4) is 0 Å². The molecule has 1 saturated carbocycles. The van der Waals surface area contributed by atoms with E-state index in [1.165, 1.54) is 0 Å². The quantitative estimate of drug-likeness (QED) is 0.720. The Morgan fingerprint density at radius 1 is 1.37 bits per heavy atom. The standard InChI is InChI=1S/C12H17FN2O3S/c13-10-4-3-9(7-11(10)14)19(17,18)15-8-12(16)5-1-2-6-12/h3-4,7,15-16H,1-2,5-6,8,14H2. The third-order valence-electron chi connectivity index (χ3n) is 3.40. The maximum absolute atomic E-state index is 13.0. The number of rotatable bonds is 4. The first-order valence-corrected chi connectivity index (χ1v) is 7.58. The molecular formula is C12H17FN2O3S. The van der Waals surface area contributed by atoms with E-state index in [1.54, 1.807) is 0 Å². The molecule has 0 amide bonds. The Bertz CT molecular complexity index is 568. The van der Waals surface area contributed by atoms with Crippen molar-refractivity contribution in [2.24, 2.45) is 0 Å². The molecule has 7 heteroatoms. The van der Waals surface area contributed by atoms with E-state index in [0.29, 0.717) is 12.8 Å². The molecule has 0 spiro atoms. The largest absolute Gasteiger partial charge is 0.396 e. The fraction of sp³-hybridized carbons (Fsp3) is 0.500. The van der Waals surface area contributed by atoms with Gasteiger partial charge in [0.2, 0.25) is 10.0 Å². The molecule has 0 heterocycles. The van der Waals surface area contributed by atoms with E-state index in [0.717, 1.165) is 31.0 Å². The Hall–Kier alpha value is -1.18. The van der Waals surface area contributed by atoms with Crippen LogP contribution in [0.15, 0.2) is 23.1 Å². The Morgan fingerprint density at radius 3 is 2.58 bits per heavy atom. The van der Waals surface area contributed by atoms with Crippen LogP contribution in [0, 0.1) is 5.82 Å². The zero-order chi connectivity index (χ0) is 14.1. The van der Waals surface area contributed by atoms with Crippen molar-refractivity contribution >= 4 is 15.7 Å². The number of nitrogens with two attached hydrogens (primary N) is 1. The van der Waals surface area contributed by atoms with Gasteiger partial charge in [-0.05, 0) is 31.0 Å². The predicted octanol–water partition coefficient (Wildman–Crippen LogP) is 0.991. The summed E-state index contributed by atoms with van der Waals surface area (Å²) in [5.74, 6) is -0.659. The van der Waals surface area contributed by atoms with Crippen molar-refractivity contribution in [1.29, 1.82) is 0 Å². The van der Waals surface area contributed by atoms with Crippen molar-refractivity contribution < 1.29 is 17.9 Å². The molecule has 1 aliphatic carbocycles. The lowest BCUT2D eigenvalue weighted by atomic mass is 10.0. The zero-order valence-corrected chi connectivity index (χ0v) is 11.2. The third-order valence-corrected chi connectivity index (χ3v) is 4.80. The van der Waals surface area contributed by atoms with Crippen LogP contribution in [0.25, 0.3) is 0 Å². The summed E-state index contributed by atoms with van der Waals surface area (Å²) in [5.41, 5.74) is 4.15. The second kappa shape index (κ2) is 5.07. The van der Waals surface area contributed by atoms with E-state index in [2.05, 4.69) is 4.72 Å². The summed E-state index contributed by atoms with van der Waals surface area (Å²) in [6.45, 7) is -0.0351. The fourth-order valence-corrected chi connectivity index (χ4v) is 3.37. The third kappa shape index (κ3) is 3.23. The van der Waals surface area contributed by atoms with Gasteiger partial charge in [-0.15, -0.1) is 0 Å². The van der Waals surface area contributed by atoms with E-state index < -0.39 is 21.4 Å². The first-order valence-electron chi connectivity index (χ1n) is 6.10. The monoisotopic (exact) mass is 288 g/mol. The molecule has 1 fully saturated rings. The van der Waals surface area contributed by atoms with Crippen LogP contribution in [0.4, 0.5) is 10.1 Å². The van der Waals surface area contributed by atoms with Crippen molar-refractivity contribution in [2.75, 3.05) is 12.3 Å². The Labute approximate surface area is 111 Å². The second-order valence-corrected chi connectivity index (χ2v) is 6.71. The molecule has 0 aromatic heterocycles. The van der Waals surface area contributed by atoms with Gasteiger partial charge in [0, 0.05) is 6.54 Å². The highest BCUT2D eigenvalue weighted by Crippen LogP contribution is 2.29. The van der Waals surface area contributed by atoms with Crippen LogP contribution in [-0.2, 0) is 10.0 Å². The van der Waals surface area contributed by atoms with Crippen LogP contribution in [0.2, 0.25) is 0 Å². The van der Waals surface area contributed by atoms with E-state index >= 15 is 0 Å².